The van der Waals surface area contributed by atoms with Crippen LogP contribution >= 0.6 is 0 Å². The van der Waals surface area contributed by atoms with Crippen LogP contribution in [0.4, 0.5) is 0 Å². The number of rotatable bonds is 1. The summed E-state index contributed by atoms with van der Waals surface area (Å²) in [6.45, 7) is 2.36. The molecule has 6 rings (SSSR count). The first kappa shape index (κ1) is 16.6. The number of fused-ring (bicyclic) bond motifs is 3. The minimum Gasteiger partial charge on any atom is -0.392 e. The minimum atomic E-state index is -0.553. The molecule has 10 unspecified atom stereocenters. The van der Waals surface area contributed by atoms with Crippen LogP contribution in [0.2, 0.25) is 0 Å². The molecule has 0 heterocycles. The fourth-order valence-electron chi connectivity index (χ4n) is 10.1. The first-order valence-corrected chi connectivity index (χ1v) is 11.1. The van der Waals surface area contributed by atoms with E-state index < -0.39 is 5.60 Å². The average molecular weight is 358 g/mol. The monoisotopic (exact) mass is 357 g/mol. The molecule has 144 valence electrons. The van der Waals surface area contributed by atoms with Gasteiger partial charge >= 0.3 is 0 Å². The molecule has 0 amide bonds. The summed E-state index contributed by atoms with van der Waals surface area (Å²) in [6.07, 6.45) is 14.8. The highest BCUT2D eigenvalue weighted by Crippen LogP contribution is 2.81. The second-order valence-electron chi connectivity index (χ2n) is 11.3. The van der Waals surface area contributed by atoms with Gasteiger partial charge < -0.3 is 15.5 Å². The maximum absolute atomic E-state index is 12.0. The molecular weight excluding hydrogens is 322 g/mol. The number of aliphatic hydroxyl groups is 2. The largest absolute Gasteiger partial charge is 0.392 e. The lowest BCUT2D eigenvalue weighted by atomic mass is 9.32. The first-order valence-electron chi connectivity index (χ1n) is 11.1. The van der Waals surface area contributed by atoms with Crippen molar-refractivity contribution in [2.24, 2.45) is 39.9 Å². The van der Waals surface area contributed by atoms with Gasteiger partial charge in [0.05, 0.1) is 11.7 Å². The van der Waals surface area contributed by atoms with Crippen LogP contribution < -0.4 is 5.32 Å². The Kier molecular flexibility index (Phi) is 3.04. The summed E-state index contributed by atoms with van der Waals surface area (Å²) >= 11 is 0. The fourth-order valence-corrected chi connectivity index (χ4v) is 10.1. The van der Waals surface area contributed by atoms with Crippen molar-refractivity contribution < 1.29 is 10.2 Å². The highest BCUT2D eigenvalue weighted by molar-refractivity contribution is 5.32. The number of nitrogens with one attached hydrogen (secondary N) is 1. The zero-order valence-electron chi connectivity index (χ0n) is 16.4. The van der Waals surface area contributed by atoms with E-state index in [1.54, 1.807) is 0 Å². The van der Waals surface area contributed by atoms with Crippen molar-refractivity contribution >= 4 is 0 Å². The zero-order valence-corrected chi connectivity index (χ0v) is 16.4. The Morgan fingerprint density at radius 2 is 1.92 bits per heavy atom. The van der Waals surface area contributed by atoms with E-state index >= 15 is 0 Å². The lowest BCUT2D eigenvalue weighted by Gasteiger charge is -2.73. The Labute approximate surface area is 157 Å². The Morgan fingerprint density at radius 3 is 2.73 bits per heavy atom. The van der Waals surface area contributed by atoms with Crippen molar-refractivity contribution in [3.63, 3.8) is 0 Å². The molecule has 0 aliphatic heterocycles. The predicted octanol–water partition coefficient (Wildman–Crippen LogP) is 3.26. The lowest BCUT2D eigenvalue weighted by molar-refractivity contribution is -0.296. The lowest BCUT2D eigenvalue weighted by Crippen LogP contribution is -2.74. The van der Waals surface area contributed by atoms with Crippen molar-refractivity contribution in [2.75, 3.05) is 7.05 Å². The van der Waals surface area contributed by atoms with Gasteiger partial charge in [0.2, 0.25) is 0 Å². The van der Waals surface area contributed by atoms with Crippen LogP contribution in [0.25, 0.3) is 0 Å². The number of hydrogen-bond donors (Lipinski definition) is 3. The van der Waals surface area contributed by atoms with Crippen molar-refractivity contribution in [2.45, 2.75) is 82.5 Å². The van der Waals surface area contributed by atoms with Crippen LogP contribution in [0.5, 0.6) is 0 Å². The summed E-state index contributed by atoms with van der Waals surface area (Å²) in [5.74, 6) is 1.76. The maximum atomic E-state index is 12.0. The highest BCUT2D eigenvalue weighted by atomic mass is 16.3. The molecule has 2 spiro atoms. The van der Waals surface area contributed by atoms with Crippen LogP contribution in [0.15, 0.2) is 12.2 Å². The number of allylic oxidation sites excluding steroid dienone is 1. The summed E-state index contributed by atoms with van der Waals surface area (Å²) in [5, 5.41) is 27.6. The molecule has 5 fully saturated rings. The number of hydrogen-bond acceptors (Lipinski definition) is 3. The second-order valence-corrected chi connectivity index (χ2v) is 11.3. The fraction of sp³-hybridized carbons (Fsp3) is 0.913. The molecule has 26 heavy (non-hydrogen) atoms. The van der Waals surface area contributed by atoms with Gasteiger partial charge in [-0.1, -0.05) is 25.5 Å². The molecule has 6 aliphatic carbocycles. The third-order valence-corrected chi connectivity index (χ3v) is 10.7. The normalized spacial score (nSPS) is 64.9. The summed E-state index contributed by atoms with van der Waals surface area (Å²) in [7, 11) is 2.13. The van der Waals surface area contributed by atoms with Gasteiger partial charge in [0.15, 0.2) is 0 Å². The Morgan fingerprint density at radius 1 is 1.08 bits per heavy atom. The van der Waals surface area contributed by atoms with Gasteiger partial charge in [-0.05, 0) is 87.0 Å². The summed E-state index contributed by atoms with van der Waals surface area (Å²) in [6, 6.07) is 0.607. The Bertz CT molecular complexity index is 677. The topological polar surface area (TPSA) is 52.5 Å². The third-order valence-electron chi connectivity index (χ3n) is 10.7. The SMILES string of the molecule is CNC1CCC23C(O)C4C=CC5CC4(C)CC(O)(C5)C2CC32CCCC12. The van der Waals surface area contributed by atoms with E-state index in [0.29, 0.717) is 23.8 Å². The molecule has 10 atom stereocenters. The quantitative estimate of drug-likeness (QED) is 0.632. The van der Waals surface area contributed by atoms with Crippen LogP contribution in [-0.4, -0.2) is 35.0 Å². The van der Waals surface area contributed by atoms with Crippen LogP contribution in [0.1, 0.15) is 64.7 Å². The molecule has 0 aromatic carbocycles. The highest BCUT2D eigenvalue weighted by Gasteiger charge is 2.80. The second kappa shape index (κ2) is 4.78. The zero-order chi connectivity index (χ0) is 17.9. The average Bonchev–Trinajstić information content (AvgIpc) is 3.01. The summed E-state index contributed by atoms with van der Waals surface area (Å²) in [5.41, 5.74) is -0.239. The van der Waals surface area contributed by atoms with E-state index in [-0.39, 0.29) is 28.3 Å². The standard InChI is InChI=1S/C23H35NO2/c1-20-10-14-5-6-16(20)19(25)23-9-7-17(24-2)15-4-3-8-21(15,23)12-18(23)22(26,11-14)13-20/h5-6,14-19,24-26H,3-4,7-13H2,1-2H3. The van der Waals surface area contributed by atoms with E-state index in [4.69, 9.17) is 0 Å². The third kappa shape index (κ3) is 1.57. The smallest absolute Gasteiger partial charge is 0.0693 e. The molecule has 3 N–H and O–H groups in total. The Balaban J connectivity index is 1.54. The molecular formula is C23H35NO2. The molecule has 0 saturated heterocycles. The van der Waals surface area contributed by atoms with Gasteiger partial charge in [-0.3, -0.25) is 0 Å². The maximum Gasteiger partial charge on any atom is 0.0693 e. The molecule has 5 saturated carbocycles. The van der Waals surface area contributed by atoms with Crippen LogP contribution in [-0.2, 0) is 0 Å². The predicted molar refractivity (Wildman–Crippen MR) is 101 cm³/mol. The van der Waals surface area contributed by atoms with Gasteiger partial charge in [0, 0.05) is 17.4 Å². The molecule has 0 aromatic rings. The van der Waals surface area contributed by atoms with Gasteiger partial charge in [0.25, 0.3) is 0 Å². The van der Waals surface area contributed by atoms with E-state index in [1.807, 2.05) is 0 Å². The summed E-state index contributed by atoms with van der Waals surface area (Å²) < 4.78 is 0. The van der Waals surface area contributed by atoms with E-state index in [1.165, 1.54) is 32.1 Å². The Hall–Kier alpha value is -0.380. The van der Waals surface area contributed by atoms with Crippen LogP contribution in [0.3, 0.4) is 0 Å². The molecule has 0 radical (unpaired) electrons. The van der Waals surface area contributed by atoms with Crippen molar-refractivity contribution in [1.82, 2.24) is 5.32 Å². The van der Waals surface area contributed by atoms with Crippen molar-refractivity contribution in [3.8, 4) is 0 Å². The van der Waals surface area contributed by atoms with Crippen molar-refractivity contribution in [3.05, 3.63) is 12.2 Å². The van der Waals surface area contributed by atoms with E-state index in [2.05, 4.69) is 31.4 Å². The van der Waals surface area contributed by atoms with E-state index in [0.717, 1.165) is 25.7 Å². The molecule has 3 heteroatoms. The molecule has 3 nitrogen and oxygen atoms in total. The van der Waals surface area contributed by atoms with Crippen LogP contribution in [0, 0.1) is 39.9 Å². The van der Waals surface area contributed by atoms with E-state index in [9.17, 15) is 10.2 Å². The number of aliphatic hydroxyl groups excluding tert-OH is 1. The first-order chi connectivity index (χ1) is 12.4. The summed E-state index contributed by atoms with van der Waals surface area (Å²) in [4.78, 5) is 0. The molecule has 0 aromatic heterocycles. The minimum absolute atomic E-state index is 0.0394. The van der Waals surface area contributed by atoms with Crippen molar-refractivity contribution in [1.29, 1.82) is 0 Å². The van der Waals surface area contributed by atoms with Gasteiger partial charge in [-0.25, -0.2) is 0 Å². The van der Waals surface area contributed by atoms with Gasteiger partial charge in [0.1, 0.15) is 0 Å². The molecule has 6 aliphatic rings. The van der Waals surface area contributed by atoms with Gasteiger partial charge in [-0.15, -0.1) is 0 Å². The molecule has 3 bridgehead atoms. The van der Waals surface area contributed by atoms with Gasteiger partial charge in [-0.2, -0.15) is 0 Å².